The van der Waals surface area contributed by atoms with Crippen LogP contribution < -0.4 is 5.32 Å². The number of aromatic nitrogens is 1. The minimum atomic E-state index is -0.707. The van der Waals surface area contributed by atoms with Gasteiger partial charge >= 0.3 is 0 Å². The Kier molecular flexibility index (Phi) is 4.49. The fraction of sp³-hybridized carbons (Fsp3) is 0.0667. The summed E-state index contributed by atoms with van der Waals surface area (Å²) in [6, 6.07) is 7.83. The Morgan fingerprint density at radius 1 is 1.26 bits per heavy atom. The lowest BCUT2D eigenvalue weighted by Gasteiger charge is -2.05. The van der Waals surface area contributed by atoms with Gasteiger partial charge in [-0.2, -0.15) is 0 Å². The van der Waals surface area contributed by atoms with Crippen LogP contribution in [0.1, 0.15) is 0 Å². The number of hydrogen-bond acceptors (Lipinski definition) is 4. The number of oxazole rings is 1. The Morgan fingerprint density at radius 2 is 2.09 bits per heavy atom. The highest BCUT2D eigenvalue weighted by Crippen LogP contribution is 2.25. The smallest absolute Gasteiger partial charge is 0.257 e. The molecule has 3 rings (SSSR count). The van der Waals surface area contributed by atoms with Gasteiger partial charge in [0.1, 0.15) is 17.2 Å². The van der Waals surface area contributed by atoms with Crippen molar-refractivity contribution >= 4 is 46.1 Å². The second-order valence-electron chi connectivity index (χ2n) is 4.55. The molecule has 0 unspecified atom stereocenters. The number of anilines is 1. The molecule has 3 aromatic rings. The number of fused-ring (bicyclic) bond motifs is 1. The summed E-state index contributed by atoms with van der Waals surface area (Å²) in [5.41, 5.74) is 0.921. The lowest BCUT2D eigenvalue weighted by atomic mass is 10.3. The van der Waals surface area contributed by atoms with Gasteiger partial charge < -0.3 is 9.73 Å². The molecule has 0 aliphatic heterocycles. The quantitative estimate of drug-likeness (QED) is 0.701. The molecule has 0 saturated heterocycles. The first-order chi connectivity index (χ1) is 11.0. The molecule has 0 atom stereocenters. The van der Waals surface area contributed by atoms with E-state index in [4.69, 9.17) is 16.0 Å². The monoisotopic (exact) mass is 354 g/mol. The number of halogens is 3. The minimum absolute atomic E-state index is 0.0590. The maximum atomic E-state index is 13.4. The fourth-order valence-corrected chi connectivity index (χ4v) is 2.65. The van der Waals surface area contributed by atoms with E-state index in [0.717, 1.165) is 30.0 Å². The molecule has 8 heteroatoms. The Morgan fingerprint density at radius 3 is 2.91 bits per heavy atom. The first-order valence-corrected chi connectivity index (χ1v) is 7.81. The van der Waals surface area contributed by atoms with Crippen LogP contribution in [0.5, 0.6) is 0 Å². The topological polar surface area (TPSA) is 55.1 Å². The maximum absolute atomic E-state index is 13.4. The van der Waals surface area contributed by atoms with Gasteiger partial charge in [0, 0.05) is 11.1 Å². The van der Waals surface area contributed by atoms with Crippen molar-refractivity contribution in [1.29, 1.82) is 0 Å². The zero-order valence-electron chi connectivity index (χ0n) is 11.5. The summed E-state index contributed by atoms with van der Waals surface area (Å²) in [6.07, 6.45) is 0. The molecule has 118 valence electrons. The zero-order chi connectivity index (χ0) is 16.4. The Hall–Kier alpha value is -2.12. The molecule has 0 saturated carbocycles. The van der Waals surface area contributed by atoms with Crippen LogP contribution in [0.4, 0.5) is 14.5 Å². The third-order valence-corrected chi connectivity index (χ3v) is 3.92. The first kappa shape index (κ1) is 15.8. The predicted molar refractivity (Wildman–Crippen MR) is 84.7 cm³/mol. The molecular formula is C15H9ClF2N2O2S. The van der Waals surface area contributed by atoms with E-state index in [9.17, 15) is 13.6 Å². The summed E-state index contributed by atoms with van der Waals surface area (Å²) >= 11 is 6.89. The molecule has 0 aliphatic carbocycles. The number of rotatable bonds is 4. The maximum Gasteiger partial charge on any atom is 0.257 e. The standard InChI is InChI=1S/C15H9ClF2N2O2S/c16-8-1-4-13-12(5-8)20-15(22-13)23-7-14(21)19-11-6-9(17)2-3-10(11)18/h1-6H,7H2,(H,19,21). The summed E-state index contributed by atoms with van der Waals surface area (Å²) < 4.78 is 31.9. The van der Waals surface area contributed by atoms with E-state index in [1.807, 2.05) is 0 Å². The summed E-state index contributed by atoms with van der Waals surface area (Å²) in [5.74, 6) is -1.90. The number of amides is 1. The number of nitrogens with zero attached hydrogens (tertiary/aromatic N) is 1. The molecule has 0 bridgehead atoms. The molecule has 4 nitrogen and oxygen atoms in total. The second kappa shape index (κ2) is 6.55. The fourth-order valence-electron chi connectivity index (χ4n) is 1.85. The normalized spacial score (nSPS) is 10.9. The van der Waals surface area contributed by atoms with E-state index in [1.165, 1.54) is 0 Å². The van der Waals surface area contributed by atoms with E-state index in [1.54, 1.807) is 18.2 Å². The van der Waals surface area contributed by atoms with Crippen LogP contribution in [0, 0.1) is 11.6 Å². The van der Waals surface area contributed by atoms with Crippen LogP contribution >= 0.6 is 23.4 Å². The molecule has 1 aromatic heterocycles. The van der Waals surface area contributed by atoms with Gasteiger partial charge in [-0.3, -0.25) is 4.79 Å². The third kappa shape index (κ3) is 3.80. The molecule has 1 N–H and O–H groups in total. The van der Waals surface area contributed by atoms with E-state index >= 15 is 0 Å². The van der Waals surface area contributed by atoms with Gasteiger partial charge in [-0.05, 0) is 30.3 Å². The van der Waals surface area contributed by atoms with Crippen molar-refractivity contribution in [2.45, 2.75) is 5.22 Å². The molecular weight excluding hydrogens is 346 g/mol. The highest BCUT2D eigenvalue weighted by atomic mass is 35.5. The molecule has 2 aromatic carbocycles. The Balaban J connectivity index is 1.64. The molecule has 1 amide bonds. The van der Waals surface area contributed by atoms with Crippen molar-refractivity contribution in [3.63, 3.8) is 0 Å². The van der Waals surface area contributed by atoms with Gasteiger partial charge in [-0.1, -0.05) is 23.4 Å². The summed E-state index contributed by atoms with van der Waals surface area (Å²) in [6.45, 7) is 0. The van der Waals surface area contributed by atoms with E-state index in [0.29, 0.717) is 16.1 Å². The van der Waals surface area contributed by atoms with Crippen molar-refractivity contribution in [1.82, 2.24) is 4.98 Å². The Bertz CT molecular complexity index is 885. The van der Waals surface area contributed by atoms with Crippen molar-refractivity contribution in [3.05, 3.63) is 53.1 Å². The van der Waals surface area contributed by atoms with Gasteiger partial charge in [0.2, 0.25) is 5.91 Å². The lowest BCUT2D eigenvalue weighted by Crippen LogP contribution is -2.15. The lowest BCUT2D eigenvalue weighted by molar-refractivity contribution is -0.113. The van der Waals surface area contributed by atoms with Crippen LogP contribution in [0.3, 0.4) is 0 Å². The number of thioether (sulfide) groups is 1. The van der Waals surface area contributed by atoms with Gasteiger partial charge in [0.05, 0.1) is 11.4 Å². The molecule has 0 fully saturated rings. The van der Waals surface area contributed by atoms with Gasteiger partial charge in [0.15, 0.2) is 5.58 Å². The summed E-state index contributed by atoms with van der Waals surface area (Å²) in [7, 11) is 0. The highest BCUT2D eigenvalue weighted by molar-refractivity contribution is 7.99. The van der Waals surface area contributed by atoms with Crippen LogP contribution in [-0.2, 0) is 4.79 Å². The first-order valence-electron chi connectivity index (χ1n) is 6.45. The van der Waals surface area contributed by atoms with Gasteiger partial charge in [-0.25, -0.2) is 13.8 Å². The van der Waals surface area contributed by atoms with Crippen LogP contribution in [0.25, 0.3) is 11.1 Å². The summed E-state index contributed by atoms with van der Waals surface area (Å²) in [5, 5.41) is 3.12. The van der Waals surface area contributed by atoms with E-state index in [2.05, 4.69) is 10.3 Å². The van der Waals surface area contributed by atoms with Gasteiger partial charge in [0.25, 0.3) is 5.22 Å². The van der Waals surface area contributed by atoms with Crippen molar-refractivity contribution in [2.75, 3.05) is 11.1 Å². The molecule has 1 heterocycles. The number of carbonyl (C=O) groups excluding carboxylic acids is 1. The number of benzene rings is 2. The second-order valence-corrected chi connectivity index (χ2v) is 5.92. The molecule has 0 radical (unpaired) electrons. The average Bonchev–Trinajstić information content (AvgIpc) is 2.91. The average molecular weight is 355 g/mol. The number of nitrogens with one attached hydrogen (secondary N) is 1. The largest absolute Gasteiger partial charge is 0.431 e. The van der Waals surface area contributed by atoms with E-state index in [-0.39, 0.29) is 16.7 Å². The number of carbonyl (C=O) groups is 1. The Labute approximate surface area is 138 Å². The van der Waals surface area contributed by atoms with Crippen molar-refractivity contribution < 1.29 is 18.0 Å². The number of hydrogen-bond donors (Lipinski definition) is 1. The summed E-state index contributed by atoms with van der Waals surface area (Å²) in [4.78, 5) is 16.0. The van der Waals surface area contributed by atoms with Crippen LogP contribution in [0.15, 0.2) is 46.0 Å². The molecule has 0 aliphatic rings. The van der Waals surface area contributed by atoms with Crippen molar-refractivity contribution in [3.8, 4) is 0 Å². The predicted octanol–water partition coefficient (Wildman–Crippen LogP) is 4.49. The van der Waals surface area contributed by atoms with Crippen molar-refractivity contribution in [2.24, 2.45) is 0 Å². The molecule has 23 heavy (non-hydrogen) atoms. The molecule has 0 spiro atoms. The minimum Gasteiger partial charge on any atom is -0.431 e. The SMILES string of the molecule is O=C(CSc1nc2cc(Cl)ccc2o1)Nc1cc(F)ccc1F. The van der Waals surface area contributed by atoms with E-state index < -0.39 is 17.5 Å². The highest BCUT2D eigenvalue weighted by Gasteiger charge is 2.12. The van der Waals surface area contributed by atoms with Crippen LogP contribution in [-0.4, -0.2) is 16.6 Å². The van der Waals surface area contributed by atoms with Crippen LogP contribution in [0.2, 0.25) is 5.02 Å². The van der Waals surface area contributed by atoms with Gasteiger partial charge in [-0.15, -0.1) is 0 Å². The zero-order valence-corrected chi connectivity index (χ0v) is 13.0. The third-order valence-electron chi connectivity index (χ3n) is 2.86.